The molecule has 4 N–H and O–H groups in total. The molecule has 8 atom stereocenters. The van der Waals surface area contributed by atoms with Crippen LogP contribution < -0.4 is 21.4 Å². The fourth-order valence-corrected chi connectivity index (χ4v) is 7.17. The normalized spacial score (nSPS) is 49.5. The Bertz CT molecular complexity index is 659. The Morgan fingerprint density at radius 3 is 2.77 bits per heavy atom. The number of carbonyl (C=O) groups excluding carboxylic acids is 1. The van der Waals surface area contributed by atoms with E-state index in [0.717, 1.165) is 32.4 Å². The van der Waals surface area contributed by atoms with Gasteiger partial charge in [-0.2, -0.15) is 0 Å². The van der Waals surface area contributed by atoms with E-state index in [9.17, 15) is 4.79 Å². The summed E-state index contributed by atoms with van der Waals surface area (Å²) in [6.45, 7) is 4.64. The van der Waals surface area contributed by atoms with Crippen LogP contribution in [0.3, 0.4) is 0 Å². The van der Waals surface area contributed by atoms with Crippen molar-refractivity contribution in [2.45, 2.75) is 81.4 Å². The number of alkyl halides is 1. The Balaban J connectivity index is 1.40. The van der Waals surface area contributed by atoms with Gasteiger partial charge >= 0.3 is 0 Å². The van der Waals surface area contributed by atoms with Crippen molar-refractivity contribution in [1.82, 2.24) is 26.4 Å². The van der Waals surface area contributed by atoms with Gasteiger partial charge in [-0.05, 0) is 64.0 Å². The highest BCUT2D eigenvalue weighted by Gasteiger charge is 2.60. The molecule has 5 rings (SSSR count). The number of nitrogens with zero attached hydrogens (tertiary/aromatic N) is 1. The molecule has 0 bridgehead atoms. The summed E-state index contributed by atoms with van der Waals surface area (Å²) in [6, 6.07) is 0.665. The van der Waals surface area contributed by atoms with Crippen molar-refractivity contribution >= 4 is 5.91 Å². The predicted molar refractivity (Wildman–Crippen MR) is 112 cm³/mol. The van der Waals surface area contributed by atoms with Crippen molar-refractivity contribution in [3.63, 3.8) is 0 Å². The molecule has 4 saturated heterocycles. The molecule has 1 amide bonds. The molecule has 0 aromatic rings. The smallest absolute Gasteiger partial charge is 0.253 e. The minimum absolute atomic E-state index is 0.0227. The van der Waals surface area contributed by atoms with Gasteiger partial charge in [-0.3, -0.25) is 15.5 Å². The number of halogens is 1. The van der Waals surface area contributed by atoms with Crippen LogP contribution in [0, 0.1) is 17.8 Å². The SMILES string of the molecule is COC1(C)C(=O)NC2NCCC(C3NN(CC4(F)CCCNC4)C4CCCCC34)C21. The second-order valence-corrected chi connectivity index (χ2v) is 10.4. The van der Waals surface area contributed by atoms with E-state index in [2.05, 4.69) is 26.4 Å². The van der Waals surface area contributed by atoms with Gasteiger partial charge in [0.05, 0.1) is 6.17 Å². The van der Waals surface area contributed by atoms with Gasteiger partial charge in [-0.25, -0.2) is 9.40 Å². The van der Waals surface area contributed by atoms with E-state index in [1.807, 2.05) is 6.92 Å². The lowest BCUT2D eigenvalue weighted by molar-refractivity contribution is -0.143. The Morgan fingerprint density at radius 1 is 1.17 bits per heavy atom. The molecule has 0 radical (unpaired) electrons. The quantitative estimate of drug-likeness (QED) is 0.539. The van der Waals surface area contributed by atoms with Crippen LogP contribution in [-0.4, -0.2) is 73.7 Å². The average Bonchev–Trinajstić information content (AvgIpc) is 3.24. The Kier molecular flexibility index (Phi) is 5.59. The monoisotopic (exact) mass is 423 g/mol. The lowest BCUT2D eigenvalue weighted by atomic mass is 9.67. The molecule has 8 heteroatoms. The third kappa shape index (κ3) is 3.39. The van der Waals surface area contributed by atoms with Crippen LogP contribution in [-0.2, 0) is 9.53 Å². The van der Waals surface area contributed by atoms with E-state index in [1.165, 1.54) is 19.3 Å². The molecule has 5 aliphatic rings. The molecule has 0 aromatic heterocycles. The van der Waals surface area contributed by atoms with Crippen molar-refractivity contribution in [2.75, 3.05) is 33.3 Å². The second kappa shape index (κ2) is 7.96. The van der Waals surface area contributed by atoms with E-state index in [-0.39, 0.29) is 24.0 Å². The highest BCUT2D eigenvalue weighted by Crippen LogP contribution is 2.47. The number of methoxy groups -OCH3 is 1. The van der Waals surface area contributed by atoms with Crippen LogP contribution in [0.1, 0.15) is 51.9 Å². The van der Waals surface area contributed by atoms with Gasteiger partial charge in [0.15, 0.2) is 0 Å². The zero-order valence-electron chi connectivity index (χ0n) is 18.4. The summed E-state index contributed by atoms with van der Waals surface area (Å²) in [4.78, 5) is 12.7. The topological polar surface area (TPSA) is 77.7 Å². The second-order valence-electron chi connectivity index (χ2n) is 10.4. The van der Waals surface area contributed by atoms with Gasteiger partial charge in [-0.1, -0.05) is 12.8 Å². The number of hydrogen-bond donors (Lipinski definition) is 4. The molecular formula is C22H38FN5O2. The molecule has 30 heavy (non-hydrogen) atoms. The van der Waals surface area contributed by atoms with Gasteiger partial charge in [-0.15, -0.1) is 0 Å². The molecular weight excluding hydrogens is 385 g/mol. The first-order valence-electron chi connectivity index (χ1n) is 12.0. The number of ether oxygens (including phenoxy) is 1. The first-order valence-corrected chi connectivity index (χ1v) is 12.0. The average molecular weight is 424 g/mol. The van der Waals surface area contributed by atoms with E-state index in [4.69, 9.17) is 4.74 Å². The summed E-state index contributed by atoms with van der Waals surface area (Å²) < 4.78 is 21.4. The zero-order valence-corrected chi connectivity index (χ0v) is 18.4. The molecule has 0 spiro atoms. The maximum Gasteiger partial charge on any atom is 0.253 e. The molecule has 7 nitrogen and oxygen atoms in total. The molecule has 8 unspecified atom stereocenters. The Hall–Kier alpha value is -0.800. The van der Waals surface area contributed by atoms with Crippen LogP contribution in [0.25, 0.3) is 0 Å². The lowest BCUT2D eigenvalue weighted by Gasteiger charge is -2.44. The number of amides is 1. The van der Waals surface area contributed by atoms with Crippen molar-refractivity contribution in [3.05, 3.63) is 0 Å². The highest BCUT2D eigenvalue weighted by atomic mass is 19.1. The third-order valence-corrected chi connectivity index (χ3v) is 8.75. The van der Waals surface area contributed by atoms with Gasteiger partial charge in [0.2, 0.25) is 0 Å². The number of rotatable bonds is 4. The Labute approximate surface area is 179 Å². The summed E-state index contributed by atoms with van der Waals surface area (Å²) in [5.74, 6) is 0.875. The standard InChI is InChI=1S/C22H38FN5O2/c1-21(30-2)17-15(8-11-25-19(17)26-20(21)29)18-14-6-3-4-7-16(14)28(27-18)13-22(23)9-5-10-24-12-22/h14-19,24-25,27H,3-13H2,1-2H3,(H,26,29). The van der Waals surface area contributed by atoms with E-state index < -0.39 is 11.3 Å². The molecule has 4 aliphatic heterocycles. The number of hydrazine groups is 1. The molecule has 5 fully saturated rings. The number of fused-ring (bicyclic) bond motifs is 2. The summed E-state index contributed by atoms with van der Waals surface area (Å²) in [7, 11) is 1.65. The van der Waals surface area contributed by atoms with E-state index >= 15 is 4.39 Å². The van der Waals surface area contributed by atoms with Gasteiger partial charge in [0.1, 0.15) is 11.3 Å². The summed E-state index contributed by atoms with van der Waals surface area (Å²) in [6.07, 6.45) is 7.28. The molecule has 1 saturated carbocycles. The van der Waals surface area contributed by atoms with Crippen molar-refractivity contribution in [3.8, 4) is 0 Å². The number of piperidine rings is 2. The van der Waals surface area contributed by atoms with Gasteiger partial charge in [0.25, 0.3) is 5.91 Å². The maximum atomic E-state index is 15.6. The van der Waals surface area contributed by atoms with Crippen LogP contribution >= 0.6 is 0 Å². The minimum Gasteiger partial charge on any atom is -0.368 e. The summed E-state index contributed by atoms with van der Waals surface area (Å²) >= 11 is 0. The first-order chi connectivity index (χ1) is 14.5. The van der Waals surface area contributed by atoms with E-state index in [0.29, 0.717) is 37.4 Å². The number of carbonyl (C=O) groups is 1. The lowest BCUT2D eigenvalue weighted by Crippen LogP contribution is -2.59. The fourth-order valence-electron chi connectivity index (χ4n) is 7.17. The fraction of sp³-hybridized carbons (Fsp3) is 0.955. The number of hydrogen-bond acceptors (Lipinski definition) is 6. The van der Waals surface area contributed by atoms with Crippen LogP contribution in [0.15, 0.2) is 0 Å². The van der Waals surface area contributed by atoms with Crippen molar-refractivity contribution in [2.24, 2.45) is 17.8 Å². The zero-order chi connectivity index (χ0) is 20.9. The molecule has 0 aromatic carbocycles. The van der Waals surface area contributed by atoms with Gasteiger partial charge < -0.3 is 15.4 Å². The molecule has 1 aliphatic carbocycles. The first kappa shape index (κ1) is 21.1. The van der Waals surface area contributed by atoms with Crippen LogP contribution in [0.4, 0.5) is 4.39 Å². The van der Waals surface area contributed by atoms with Gasteiger partial charge in [0, 0.05) is 38.2 Å². The van der Waals surface area contributed by atoms with E-state index in [1.54, 1.807) is 7.11 Å². The number of nitrogens with one attached hydrogen (secondary N) is 4. The van der Waals surface area contributed by atoms with Crippen molar-refractivity contribution in [1.29, 1.82) is 0 Å². The predicted octanol–water partition coefficient (Wildman–Crippen LogP) is 0.912. The Morgan fingerprint density at radius 2 is 2.00 bits per heavy atom. The molecule has 170 valence electrons. The van der Waals surface area contributed by atoms with Crippen LogP contribution in [0.5, 0.6) is 0 Å². The van der Waals surface area contributed by atoms with Crippen molar-refractivity contribution < 1.29 is 13.9 Å². The third-order valence-electron chi connectivity index (χ3n) is 8.75. The molecule has 4 heterocycles. The largest absolute Gasteiger partial charge is 0.368 e. The maximum absolute atomic E-state index is 15.6. The summed E-state index contributed by atoms with van der Waals surface area (Å²) in [5.41, 5.74) is 1.82. The summed E-state index contributed by atoms with van der Waals surface area (Å²) in [5, 5.41) is 12.1. The highest BCUT2D eigenvalue weighted by molar-refractivity contribution is 5.88. The minimum atomic E-state index is -1.16. The van der Waals surface area contributed by atoms with Crippen LogP contribution in [0.2, 0.25) is 0 Å².